The van der Waals surface area contributed by atoms with Crippen LogP contribution in [0.2, 0.25) is 0 Å². The molecule has 188 valence electrons. The third-order valence-electron chi connectivity index (χ3n) is 7.31. The van der Waals surface area contributed by atoms with Crippen LogP contribution in [0.5, 0.6) is 5.75 Å². The molecule has 1 amide bonds. The Kier molecular flexibility index (Phi) is 8.66. The van der Waals surface area contributed by atoms with Crippen LogP contribution in [0.4, 0.5) is 0 Å². The van der Waals surface area contributed by atoms with E-state index in [1.165, 1.54) is 19.3 Å². The normalized spacial score (nSPS) is 15.2. The van der Waals surface area contributed by atoms with Gasteiger partial charge in [0.15, 0.2) is 0 Å². The molecular weight excluding hydrogens is 454 g/mol. The minimum absolute atomic E-state index is 0.0480. The van der Waals surface area contributed by atoms with E-state index in [0.29, 0.717) is 6.04 Å². The number of unbranched alkanes of at least 4 members (excludes halogenated alkanes) is 1. The van der Waals surface area contributed by atoms with Crippen LogP contribution in [0.15, 0.2) is 35.7 Å². The van der Waals surface area contributed by atoms with Gasteiger partial charge in [0, 0.05) is 28.7 Å². The SMILES string of the molecule is CCCCC(CC)NC(=O)c1cc(-c2csc(-c3ccc(OC)cc3)n2)n(C2CCCCC2)c1C. The molecule has 0 bridgehead atoms. The molecule has 5 nitrogen and oxygen atoms in total. The zero-order valence-electron chi connectivity index (χ0n) is 21.6. The molecule has 0 aliphatic heterocycles. The molecule has 1 N–H and O–H groups in total. The number of benzene rings is 1. The molecule has 1 fully saturated rings. The minimum atomic E-state index is 0.0480. The van der Waals surface area contributed by atoms with Crippen molar-refractivity contribution in [1.29, 1.82) is 0 Å². The summed E-state index contributed by atoms with van der Waals surface area (Å²) in [5.41, 5.74) is 4.95. The zero-order valence-corrected chi connectivity index (χ0v) is 22.4. The van der Waals surface area contributed by atoms with Crippen molar-refractivity contribution in [3.63, 3.8) is 0 Å². The fourth-order valence-corrected chi connectivity index (χ4v) is 6.03. The van der Waals surface area contributed by atoms with Crippen molar-refractivity contribution in [2.75, 3.05) is 7.11 Å². The summed E-state index contributed by atoms with van der Waals surface area (Å²) >= 11 is 1.65. The van der Waals surface area contributed by atoms with E-state index >= 15 is 0 Å². The summed E-state index contributed by atoms with van der Waals surface area (Å²) in [5, 5.41) is 6.42. The zero-order chi connectivity index (χ0) is 24.8. The molecule has 1 aliphatic rings. The molecule has 1 atom stereocenters. The van der Waals surface area contributed by atoms with E-state index < -0.39 is 0 Å². The molecule has 4 rings (SSSR count). The van der Waals surface area contributed by atoms with E-state index in [-0.39, 0.29) is 11.9 Å². The Morgan fingerprint density at radius 3 is 2.60 bits per heavy atom. The van der Waals surface area contributed by atoms with Gasteiger partial charge in [0.1, 0.15) is 10.8 Å². The van der Waals surface area contributed by atoms with Crippen LogP contribution in [-0.4, -0.2) is 28.6 Å². The van der Waals surface area contributed by atoms with E-state index in [1.807, 2.05) is 24.3 Å². The third-order valence-corrected chi connectivity index (χ3v) is 8.21. The Balaban J connectivity index is 1.68. The van der Waals surface area contributed by atoms with Gasteiger partial charge >= 0.3 is 0 Å². The second-order valence-electron chi connectivity index (χ2n) is 9.68. The van der Waals surface area contributed by atoms with Crippen LogP contribution in [0, 0.1) is 6.92 Å². The van der Waals surface area contributed by atoms with E-state index in [9.17, 15) is 4.79 Å². The lowest BCUT2D eigenvalue weighted by Crippen LogP contribution is -2.34. The highest BCUT2D eigenvalue weighted by molar-refractivity contribution is 7.13. The Bertz CT molecular complexity index is 1110. The lowest BCUT2D eigenvalue weighted by molar-refractivity contribution is 0.0932. The fraction of sp³-hybridized carbons (Fsp3) is 0.517. The standard InChI is InChI=1S/C29H39N3O2S/c1-5-7-11-22(6-2)30-28(33)25-18-27(32(20(25)3)23-12-9-8-10-13-23)26-19-35-29(31-26)21-14-16-24(34-4)17-15-21/h14-19,22-23H,5-13H2,1-4H3,(H,30,33). The smallest absolute Gasteiger partial charge is 0.253 e. The highest BCUT2D eigenvalue weighted by Gasteiger charge is 2.26. The maximum absolute atomic E-state index is 13.4. The predicted octanol–water partition coefficient (Wildman–Crippen LogP) is 7.80. The summed E-state index contributed by atoms with van der Waals surface area (Å²) in [6.07, 6.45) is 10.4. The van der Waals surface area contributed by atoms with Gasteiger partial charge < -0.3 is 14.6 Å². The highest BCUT2D eigenvalue weighted by atomic mass is 32.1. The Morgan fingerprint density at radius 2 is 1.94 bits per heavy atom. The van der Waals surface area contributed by atoms with Gasteiger partial charge in [0.2, 0.25) is 0 Å². The molecule has 0 saturated heterocycles. The van der Waals surface area contributed by atoms with Gasteiger partial charge in [0.25, 0.3) is 5.91 Å². The number of nitrogens with zero attached hydrogens (tertiary/aromatic N) is 2. The molecule has 6 heteroatoms. The van der Waals surface area contributed by atoms with E-state index in [2.05, 4.69) is 42.1 Å². The van der Waals surface area contributed by atoms with Gasteiger partial charge in [-0.05, 0) is 62.9 Å². The second-order valence-corrected chi connectivity index (χ2v) is 10.5. The average molecular weight is 494 g/mol. The molecule has 35 heavy (non-hydrogen) atoms. The van der Waals surface area contributed by atoms with Crippen molar-refractivity contribution < 1.29 is 9.53 Å². The van der Waals surface area contributed by atoms with Crippen LogP contribution < -0.4 is 10.1 Å². The Morgan fingerprint density at radius 1 is 1.20 bits per heavy atom. The summed E-state index contributed by atoms with van der Waals surface area (Å²) in [7, 11) is 1.68. The molecule has 3 aromatic rings. The average Bonchev–Trinajstić information content (AvgIpc) is 3.52. The van der Waals surface area contributed by atoms with Crippen LogP contribution in [0.25, 0.3) is 22.0 Å². The number of rotatable bonds is 10. The van der Waals surface area contributed by atoms with E-state index in [4.69, 9.17) is 9.72 Å². The summed E-state index contributed by atoms with van der Waals surface area (Å²) < 4.78 is 7.71. The summed E-state index contributed by atoms with van der Waals surface area (Å²) in [6.45, 7) is 6.46. The monoisotopic (exact) mass is 493 g/mol. The number of carbonyl (C=O) groups is 1. The number of amides is 1. The molecular formula is C29H39N3O2S. The molecule has 0 radical (unpaired) electrons. The lowest BCUT2D eigenvalue weighted by Gasteiger charge is -2.27. The van der Waals surface area contributed by atoms with Gasteiger partial charge in [-0.1, -0.05) is 46.0 Å². The third kappa shape index (κ3) is 5.80. The number of aromatic nitrogens is 2. The minimum Gasteiger partial charge on any atom is -0.497 e. The maximum atomic E-state index is 13.4. The topological polar surface area (TPSA) is 56.1 Å². The molecule has 1 unspecified atom stereocenters. The Hall–Kier alpha value is -2.60. The van der Waals surface area contributed by atoms with Crippen molar-refractivity contribution >= 4 is 17.2 Å². The predicted molar refractivity (Wildman–Crippen MR) is 145 cm³/mol. The molecule has 2 aromatic heterocycles. The number of thiazole rings is 1. The number of hydrogen-bond donors (Lipinski definition) is 1. The van der Waals surface area contributed by atoms with Crippen molar-refractivity contribution in [1.82, 2.24) is 14.9 Å². The van der Waals surface area contributed by atoms with Crippen LogP contribution in [0.3, 0.4) is 0 Å². The van der Waals surface area contributed by atoms with Gasteiger partial charge in [-0.25, -0.2) is 4.98 Å². The Labute approximate surface area is 213 Å². The molecule has 1 aromatic carbocycles. The first-order valence-electron chi connectivity index (χ1n) is 13.2. The first-order valence-corrected chi connectivity index (χ1v) is 14.1. The van der Waals surface area contributed by atoms with Crippen LogP contribution in [-0.2, 0) is 0 Å². The quantitative estimate of drug-likeness (QED) is 0.313. The number of nitrogens with one attached hydrogen (secondary N) is 1. The van der Waals surface area contributed by atoms with Gasteiger partial charge in [-0.3, -0.25) is 4.79 Å². The maximum Gasteiger partial charge on any atom is 0.253 e. The van der Waals surface area contributed by atoms with E-state index in [0.717, 1.165) is 77.5 Å². The lowest BCUT2D eigenvalue weighted by atomic mass is 9.95. The first kappa shape index (κ1) is 25.5. The van der Waals surface area contributed by atoms with Gasteiger partial charge in [-0.2, -0.15) is 0 Å². The van der Waals surface area contributed by atoms with Crippen molar-refractivity contribution in [3.05, 3.63) is 47.0 Å². The molecule has 1 aliphatic carbocycles. The summed E-state index contributed by atoms with van der Waals surface area (Å²) in [5.74, 6) is 0.888. The van der Waals surface area contributed by atoms with Crippen molar-refractivity contribution in [2.45, 2.75) is 90.6 Å². The summed E-state index contributed by atoms with van der Waals surface area (Å²) in [6, 6.07) is 10.8. The first-order chi connectivity index (χ1) is 17.0. The molecule has 0 spiro atoms. The largest absolute Gasteiger partial charge is 0.497 e. The van der Waals surface area contributed by atoms with Crippen molar-refractivity contribution in [2.24, 2.45) is 0 Å². The number of ether oxygens (including phenoxy) is 1. The number of carbonyl (C=O) groups excluding carboxylic acids is 1. The second kappa shape index (κ2) is 11.9. The fourth-order valence-electron chi connectivity index (χ4n) is 5.21. The highest BCUT2D eigenvalue weighted by Crippen LogP contribution is 2.38. The summed E-state index contributed by atoms with van der Waals surface area (Å²) in [4.78, 5) is 18.4. The van der Waals surface area contributed by atoms with Crippen LogP contribution in [0.1, 0.15) is 93.7 Å². The van der Waals surface area contributed by atoms with Crippen LogP contribution >= 0.6 is 11.3 Å². The van der Waals surface area contributed by atoms with Gasteiger partial charge in [-0.15, -0.1) is 11.3 Å². The van der Waals surface area contributed by atoms with E-state index in [1.54, 1.807) is 18.4 Å². The number of hydrogen-bond acceptors (Lipinski definition) is 4. The molecule has 1 saturated carbocycles. The molecule has 2 heterocycles. The van der Waals surface area contributed by atoms with Gasteiger partial charge in [0.05, 0.1) is 24.1 Å². The van der Waals surface area contributed by atoms with Crippen molar-refractivity contribution in [3.8, 4) is 27.7 Å². The number of methoxy groups -OCH3 is 1.